The first-order chi connectivity index (χ1) is 11.2. The normalized spacial score (nSPS) is 9.52. The van der Waals surface area contributed by atoms with E-state index in [1.54, 1.807) is 42.7 Å². The van der Waals surface area contributed by atoms with Crippen molar-refractivity contribution in [1.29, 1.82) is 0 Å². The number of nitrogens with zero attached hydrogens (tertiary/aromatic N) is 1. The molecule has 0 spiro atoms. The van der Waals surface area contributed by atoms with Crippen molar-refractivity contribution in [2.75, 3.05) is 19.6 Å². The number of hydrogen-bond donors (Lipinski definition) is 2. The predicted molar refractivity (Wildman–Crippen MR) is 106 cm³/mol. The molecule has 1 aromatic carbocycles. The van der Waals surface area contributed by atoms with E-state index >= 15 is 0 Å². The summed E-state index contributed by atoms with van der Waals surface area (Å²) in [6.45, 7) is 4.37. The van der Waals surface area contributed by atoms with Crippen LogP contribution in [0.1, 0.15) is 23.7 Å². The quantitative estimate of drug-likeness (QED) is 0.648. The number of pyridine rings is 1. The summed E-state index contributed by atoms with van der Waals surface area (Å²) in [4.78, 5) is 16.0. The van der Waals surface area contributed by atoms with Crippen molar-refractivity contribution in [3.05, 3.63) is 53.3 Å². The van der Waals surface area contributed by atoms with Crippen LogP contribution in [-0.2, 0) is 0 Å². The van der Waals surface area contributed by atoms with E-state index in [0.717, 1.165) is 19.5 Å². The molecule has 1 amide bonds. The molecule has 2 N–H and O–H groups in total. The third-order valence-corrected chi connectivity index (χ3v) is 3.38. The highest BCUT2D eigenvalue weighted by Crippen LogP contribution is 2.29. The standard InChI is InChI=1S/C17H20ClN3O2.2ClH/c1-2-7-19-10-11-21-17(22)13-3-4-16(15(18)12-13)23-14-5-8-20-9-6-14;;/h3-6,8-9,12,19H,2,7,10-11H2,1H3,(H,21,22);2*1H. The van der Waals surface area contributed by atoms with E-state index in [0.29, 0.717) is 28.6 Å². The van der Waals surface area contributed by atoms with Crippen molar-refractivity contribution < 1.29 is 9.53 Å². The Morgan fingerprint density at radius 1 is 1.12 bits per heavy atom. The van der Waals surface area contributed by atoms with Gasteiger partial charge in [0.15, 0.2) is 0 Å². The van der Waals surface area contributed by atoms with E-state index in [4.69, 9.17) is 16.3 Å². The van der Waals surface area contributed by atoms with Gasteiger partial charge in [0.05, 0.1) is 5.02 Å². The molecule has 0 aliphatic carbocycles. The molecule has 8 heteroatoms. The summed E-state index contributed by atoms with van der Waals surface area (Å²) >= 11 is 6.19. The predicted octanol–water partition coefficient (Wildman–Crippen LogP) is 4.10. The SMILES string of the molecule is CCCNCCNC(=O)c1ccc(Oc2ccncc2)c(Cl)c1.Cl.Cl. The minimum absolute atomic E-state index is 0. The topological polar surface area (TPSA) is 63.2 Å². The van der Waals surface area contributed by atoms with Gasteiger partial charge < -0.3 is 15.4 Å². The molecule has 1 heterocycles. The lowest BCUT2D eigenvalue weighted by molar-refractivity contribution is 0.0954. The molecule has 0 atom stereocenters. The van der Waals surface area contributed by atoms with E-state index in [9.17, 15) is 4.79 Å². The number of carbonyl (C=O) groups is 1. The van der Waals surface area contributed by atoms with Crippen LogP contribution < -0.4 is 15.4 Å². The third kappa shape index (κ3) is 7.92. The number of rotatable bonds is 8. The van der Waals surface area contributed by atoms with Crippen molar-refractivity contribution in [2.45, 2.75) is 13.3 Å². The van der Waals surface area contributed by atoms with Crippen molar-refractivity contribution in [3.8, 4) is 11.5 Å². The monoisotopic (exact) mass is 405 g/mol. The van der Waals surface area contributed by atoms with Gasteiger partial charge in [-0.15, -0.1) is 24.8 Å². The zero-order valence-electron chi connectivity index (χ0n) is 13.8. The van der Waals surface area contributed by atoms with Crippen molar-refractivity contribution >= 4 is 42.3 Å². The Morgan fingerprint density at radius 2 is 1.84 bits per heavy atom. The molecule has 0 unspecified atom stereocenters. The Kier molecular flexibility index (Phi) is 12.0. The van der Waals surface area contributed by atoms with Gasteiger partial charge in [-0.25, -0.2) is 0 Å². The molecule has 0 saturated heterocycles. The zero-order chi connectivity index (χ0) is 16.5. The molecule has 0 saturated carbocycles. The van der Waals surface area contributed by atoms with Gasteiger partial charge in [-0.05, 0) is 43.3 Å². The van der Waals surface area contributed by atoms with Gasteiger partial charge in [-0.3, -0.25) is 9.78 Å². The highest BCUT2D eigenvalue weighted by molar-refractivity contribution is 6.32. The van der Waals surface area contributed by atoms with Crippen LogP contribution in [-0.4, -0.2) is 30.5 Å². The molecule has 0 bridgehead atoms. The average Bonchev–Trinajstić information content (AvgIpc) is 2.57. The Balaban J connectivity index is 0.00000288. The van der Waals surface area contributed by atoms with Gasteiger partial charge in [-0.1, -0.05) is 18.5 Å². The molecule has 2 aromatic rings. The van der Waals surface area contributed by atoms with Crippen molar-refractivity contribution in [3.63, 3.8) is 0 Å². The molecular formula is C17H22Cl3N3O2. The molecule has 0 aliphatic rings. The largest absolute Gasteiger partial charge is 0.456 e. The average molecular weight is 407 g/mol. The number of amides is 1. The number of nitrogens with one attached hydrogen (secondary N) is 2. The molecule has 1 aromatic heterocycles. The van der Waals surface area contributed by atoms with E-state index < -0.39 is 0 Å². The number of ether oxygens (including phenoxy) is 1. The highest BCUT2D eigenvalue weighted by Gasteiger charge is 2.09. The summed E-state index contributed by atoms with van der Waals surface area (Å²) in [5.74, 6) is 0.987. The second-order valence-electron chi connectivity index (χ2n) is 4.94. The van der Waals surface area contributed by atoms with Crippen LogP contribution >= 0.6 is 36.4 Å². The fraction of sp³-hybridized carbons (Fsp3) is 0.294. The third-order valence-electron chi connectivity index (χ3n) is 3.09. The van der Waals surface area contributed by atoms with Crippen LogP contribution in [0.2, 0.25) is 5.02 Å². The van der Waals surface area contributed by atoms with Gasteiger partial charge in [0, 0.05) is 31.0 Å². The lowest BCUT2D eigenvalue weighted by Gasteiger charge is -2.10. The van der Waals surface area contributed by atoms with Gasteiger partial charge >= 0.3 is 0 Å². The maximum Gasteiger partial charge on any atom is 0.251 e. The summed E-state index contributed by atoms with van der Waals surface area (Å²) < 4.78 is 5.66. The van der Waals surface area contributed by atoms with E-state index in [2.05, 4.69) is 22.5 Å². The molecule has 0 aliphatic heterocycles. The van der Waals surface area contributed by atoms with Crippen LogP contribution in [0.25, 0.3) is 0 Å². The fourth-order valence-electron chi connectivity index (χ4n) is 1.93. The summed E-state index contributed by atoms with van der Waals surface area (Å²) in [6, 6.07) is 8.46. The minimum atomic E-state index is -0.152. The summed E-state index contributed by atoms with van der Waals surface area (Å²) in [6.07, 6.45) is 4.34. The maximum absolute atomic E-state index is 12.1. The fourth-order valence-corrected chi connectivity index (χ4v) is 2.15. The summed E-state index contributed by atoms with van der Waals surface area (Å²) in [7, 11) is 0. The number of hydrogen-bond acceptors (Lipinski definition) is 4. The maximum atomic E-state index is 12.1. The number of carbonyl (C=O) groups excluding carboxylic acids is 1. The Morgan fingerprint density at radius 3 is 2.48 bits per heavy atom. The lowest BCUT2D eigenvalue weighted by atomic mass is 10.2. The summed E-state index contributed by atoms with van der Waals surface area (Å²) in [5, 5.41) is 6.46. The second-order valence-corrected chi connectivity index (χ2v) is 5.34. The zero-order valence-corrected chi connectivity index (χ0v) is 16.2. The first-order valence-electron chi connectivity index (χ1n) is 7.57. The van der Waals surface area contributed by atoms with Crippen LogP contribution in [0.5, 0.6) is 11.5 Å². The molecular weight excluding hydrogens is 385 g/mol. The van der Waals surface area contributed by atoms with Crippen LogP contribution in [0.3, 0.4) is 0 Å². The number of halogens is 3. The molecule has 0 fully saturated rings. The number of benzene rings is 1. The smallest absolute Gasteiger partial charge is 0.251 e. The molecule has 2 rings (SSSR count). The number of aromatic nitrogens is 1. The van der Waals surface area contributed by atoms with E-state index in [1.165, 1.54) is 0 Å². The summed E-state index contributed by atoms with van der Waals surface area (Å²) in [5.41, 5.74) is 0.507. The van der Waals surface area contributed by atoms with Crippen LogP contribution in [0.15, 0.2) is 42.7 Å². The molecule has 138 valence electrons. The second kappa shape index (κ2) is 12.8. The lowest BCUT2D eigenvalue weighted by Crippen LogP contribution is -2.32. The molecule has 0 radical (unpaired) electrons. The van der Waals surface area contributed by atoms with Crippen molar-refractivity contribution in [2.24, 2.45) is 0 Å². The van der Waals surface area contributed by atoms with Crippen LogP contribution in [0, 0.1) is 0 Å². The first-order valence-corrected chi connectivity index (χ1v) is 7.95. The minimum Gasteiger partial charge on any atom is -0.456 e. The first kappa shape index (κ1) is 23.5. The molecule has 5 nitrogen and oxygen atoms in total. The van der Waals surface area contributed by atoms with E-state index in [-0.39, 0.29) is 30.7 Å². The van der Waals surface area contributed by atoms with E-state index in [1.807, 2.05) is 0 Å². The molecule has 25 heavy (non-hydrogen) atoms. The van der Waals surface area contributed by atoms with Gasteiger partial charge in [0.2, 0.25) is 0 Å². The van der Waals surface area contributed by atoms with Crippen molar-refractivity contribution in [1.82, 2.24) is 15.6 Å². The Bertz CT molecular complexity index is 642. The Hall–Kier alpha value is -1.53. The van der Waals surface area contributed by atoms with Crippen LogP contribution in [0.4, 0.5) is 0 Å². The van der Waals surface area contributed by atoms with Gasteiger partial charge in [0.25, 0.3) is 5.91 Å². The van der Waals surface area contributed by atoms with Gasteiger partial charge in [-0.2, -0.15) is 0 Å². The Labute approximate surface area is 165 Å². The highest BCUT2D eigenvalue weighted by atomic mass is 35.5. The van der Waals surface area contributed by atoms with Gasteiger partial charge in [0.1, 0.15) is 11.5 Å².